The summed E-state index contributed by atoms with van der Waals surface area (Å²) in [6.45, 7) is -0.0925. The van der Waals surface area contributed by atoms with Gasteiger partial charge in [-0.2, -0.15) is 21.6 Å². The highest BCUT2D eigenvalue weighted by molar-refractivity contribution is 7.87. The van der Waals surface area contributed by atoms with Crippen LogP contribution in [0.5, 0.6) is 5.75 Å². The second-order valence-electron chi connectivity index (χ2n) is 9.37. The number of para-hydroxylation sites is 2. The average molecular weight is 605 g/mol. The van der Waals surface area contributed by atoms with Gasteiger partial charge in [0.15, 0.2) is 0 Å². The van der Waals surface area contributed by atoms with Crippen LogP contribution in [0.3, 0.4) is 0 Å². The third kappa shape index (κ3) is 5.97. The molecule has 1 aliphatic rings. The van der Waals surface area contributed by atoms with Gasteiger partial charge in [0, 0.05) is 29.9 Å². The van der Waals surface area contributed by atoms with E-state index in [0.717, 1.165) is 0 Å². The minimum Gasteiger partial charge on any atom is -0.392 e. The fraction of sp³-hybridized carbons (Fsp3) is 0.207. The highest BCUT2D eigenvalue weighted by Crippen LogP contribution is 2.40. The summed E-state index contributed by atoms with van der Waals surface area (Å²) in [6.07, 6.45) is -5.72. The summed E-state index contributed by atoms with van der Waals surface area (Å²) in [6, 6.07) is 21.9. The zero-order valence-corrected chi connectivity index (χ0v) is 23.0. The van der Waals surface area contributed by atoms with E-state index < -0.39 is 35.1 Å². The topological polar surface area (TPSA) is 88.8 Å². The van der Waals surface area contributed by atoms with E-state index in [2.05, 4.69) is 0 Å². The Labute approximate surface area is 239 Å². The summed E-state index contributed by atoms with van der Waals surface area (Å²) < 4.78 is 68.4. The van der Waals surface area contributed by atoms with Gasteiger partial charge in [-0.1, -0.05) is 41.9 Å². The highest BCUT2D eigenvalue weighted by atomic mass is 35.5. The first-order valence-electron chi connectivity index (χ1n) is 12.6. The van der Waals surface area contributed by atoms with Gasteiger partial charge in [0.1, 0.15) is 5.75 Å². The molecule has 0 saturated carbocycles. The van der Waals surface area contributed by atoms with Crippen LogP contribution < -0.4 is 9.08 Å². The van der Waals surface area contributed by atoms with Crippen molar-refractivity contribution in [3.8, 4) is 22.7 Å². The molecule has 41 heavy (non-hydrogen) atoms. The first kappa shape index (κ1) is 28.7. The second-order valence-corrected chi connectivity index (χ2v) is 11.5. The first-order valence-corrected chi connectivity index (χ1v) is 14.5. The molecule has 0 spiro atoms. The number of aromatic nitrogens is 1. The van der Waals surface area contributed by atoms with Crippen LogP contribution in [0.1, 0.15) is 28.0 Å². The lowest BCUT2D eigenvalue weighted by molar-refractivity contribution is -0.130. The fourth-order valence-electron chi connectivity index (χ4n) is 4.93. The van der Waals surface area contributed by atoms with Crippen molar-refractivity contribution in [3.05, 3.63) is 101 Å². The first-order chi connectivity index (χ1) is 19.5. The lowest BCUT2D eigenvalue weighted by Crippen LogP contribution is -2.38. The molecule has 0 saturated heterocycles. The van der Waals surface area contributed by atoms with Crippen LogP contribution in [0, 0.1) is 0 Å². The van der Waals surface area contributed by atoms with Gasteiger partial charge < -0.3 is 18.8 Å². The van der Waals surface area contributed by atoms with Crippen molar-refractivity contribution in [1.29, 1.82) is 0 Å². The van der Waals surface area contributed by atoms with Crippen molar-refractivity contribution in [2.75, 3.05) is 17.2 Å². The Morgan fingerprint density at radius 3 is 2.24 bits per heavy atom. The van der Waals surface area contributed by atoms with Crippen LogP contribution in [-0.4, -0.2) is 42.5 Å². The molecule has 1 N–H and O–H groups in total. The Bertz CT molecular complexity index is 1690. The summed E-state index contributed by atoms with van der Waals surface area (Å²) >= 11 is 6.59. The normalized spacial score (nSPS) is 13.8. The van der Waals surface area contributed by atoms with Crippen molar-refractivity contribution >= 4 is 33.3 Å². The number of benzene rings is 3. The molecule has 2 heterocycles. The van der Waals surface area contributed by atoms with E-state index in [0.29, 0.717) is 57.4 Å². The maximum atomic E-state index is 13.9. The lowest BCUT2D eigenvalue weighted by Gasteiger charge is -2.28. The molecule has 1 aliphatic heterocycles. The number of fused-ring (bicyclic) bond motifs is 1. The number of anilines is 1. The number of carbonyl (C=O) groups excluding carboxylic acids is 1. The molecular formula is C29H24ClF3N2O5S. The largest absolute Gasteiger partial charge is 0.392 e. The number of hydrogen-bond donors (Lipinski definition) is 1. The molecule has 214 valence electrons. The summed E-state index contributed by atoms with van der Waals surface area (Å²) in [5, 5.41) is 11.0. The van der Waals surface area contributed by atoms with E-state index in [1.807, 2.05) is 34.9 Å². The molecule has 1 amide bonds. The number of nitrogens with zero attached hydrogens (tertiary/aromatic N) is 2. The standard InChI is InChI=1S/C29H24ClF3N2O5S/c30-23-8-4-5-9-24(23)35-25-14-16-34(20-6-2-1-3-7-20)28(37)26(25)22(18-36)27(35)19-10-12-21(13-11-19)40-41(38,39)17-15-29(31,32)33/h1-13,36H,14-18H2. The van der Waals surface area contributed by atoms with E-state index in [1.165, 1.54) is 24.3 Å². The molecule has 0 aliphatic carbocycles. The number of alkyl halides is 3. The van der Waals surface area contributed by atoms with Crippen LogP contribution in [0.25, 0.3) is 16.9 Å². The van der Waals surface area contributed by atoms with Crippen molar-refractivity contribution in [3.63, 3.8) is 0 Å². The van der Waals surface area contributed by atoms with Crippen LogP contribution in [0.15, 0.2) is 78.9 Å². The molecule has 0 atom stereocenters. The van der Waals surface area contributed by atoms with Crippen LogP contribution in [0.2, 0.25) is 5.02 Å². The molecular weight excluding hydrogens is 581 g/mol. The summed E-state index contributed by atoms with van der Waals surface area (Å²) in [7, 11) is -4.49. The number of hydrogen-bond acceptors (Lipinski definition) is 5. The molecule has 0 radical (unpaired) electrons. The number of amides is 1. The fourth-order valence-corrected chi connectivity index (χ4v) is 6.12. The maximum Gasteiger partial charge on any atom is 0.390 e. The van der Waals surface area contributed by atoms with Crippen LogP contribution in [0.4, 0.5) is 18.9 Å². The van der Waals surface area contributed by atoms with Gasteiger partial charge in [-0.25, -0.2) is 0 Å². The molecule has 7 nitrogen and oxygen atoms in total. The van der Waals surface area contributed by atoms with E-state index in [9.17, 15) is 31.5 Å². The molecule has 0 fully saturated rings. The predicted molar refractivity (Wildman–Crippen MR) is 149 cm³/mol. The Balaban J connectivity index is 1.60. The Morgan fingerprint density at radius 1 is 0.951 bits per heavy atom. The van der Waals surface area contributed by atoms with Gasteiger partial charge in [0.25, 0.3) is 5.91 Å². The van der Waals surface area contributed by atoms with Crippen molar-refractivity contribution in [2.24, 2.45) is 0 Å². The van der Waals surface area contributed by atoms with Gasteiger partial charge in [0.05, 0.1) is 40.7 Å². The summed E-state index contributed by atoms with van der Waals surface area (Å²) in [5.41, 5.74) is 3.63. The monoisotopic (exact) mass is 604 g/mol. The molecule has 1 aromatic heterocycles. The third-order valence-corrected chi connectivity index (χ3v) is 8.18. The third-order valence-electron chi connectivity index (χ3n) is 6.71. The average Bonchev–Trinajstić information content (AvgIpc) is 3.28. The number of carbonyl (C=O) groups is 1. The van der Waals surface area contributed by atoms with E-state index in [-0.39, 0.29) is 11.7 Å². The van der Waals surface area contributed by atoms with E-state index in [1.54, 1.807) is 29.2 Å². The van der Waals surface area contributed by atoms with E-state index >= 15 is 0 Å². The smallest absolute Gasteiger partial charge is 0.390 e. The van der Waals surface area contributed by atoms with Gasteiger partial charge in [-0.3, -0.25) is 4.79 Å². The van der Waals surface area contributed by atoms with Crippen LogP contribution >= 0.6 is 11.6 Å². The summed E-state index contributed by atoms with van der Waals surface area (Å²) in [5.74, 6) is -1.67. The van der Waals surface area contributed by atoms with E-state index in [4.69, 9.17) is 15.8 Å². The zero-order chi connectivity index (χ0) is 29.4. The quantitative estimate of drug-likeness (QED) is 0.244. The molecule has 0 unspecified atom stereocenters. The predicted octanol–water partition coefficient (Wildman–Crippen LogP) is 6.15. The minimum atomic E-state index is -4.64. The lowest BCUT2D eigenvalue weighted by atomic mass is 9.99. The molecule has 0 bridgehead atoms. The second kappa shape index (κ2) is 11.2. The van der Waals surface area contributed by atoms with Gasteiger partial charge >= 0.3 is 16.3 Å². The number of halogens is 4. The number of rotatable bonds is 8. The van der Waals surface area contributed by atoms with Gasteiger partial charge in [-0.15, -0.1) is 0 Å². The maximum absolute atomic E-state index is 13.9. The number of aliphatic hydroxyl groups is 1. The zero-order valence-electron chi connectivity index (χ0n) is 21.4. The molecule has 5 rings (SSSR count). The highest BCUT2D eigenvalue weighted by Gasteiger charge is 2.35. The summed E-state index contributed by atoms with van der Waals surface area (Å²) in [4.78, 5) is 15.5. The van der Waals surface area contributed by atoms with Crippen molar-refractivity contribution < 1.29 is 35.7 Å². The van der Waals surface area contributed by atoms with Crippen LogP contribution in [-0.2, 0) is 23.1 Å². The SMILES string of the molecule is O=C1c2c(CO)c(-c3ccc(OS(=O)(=O)CCC(F)(F)F)cc3)n(-c3ccccc3Cl)c2CCN1c1ccccc1. The van der Waals surface area contributed by atoms with Crippen molar-refractivity contribution in [1.82, 2.24) is 4.57 Å². The molecule has 4 aromatic rings. The number of aliphatic hydroxyl groups excluding tert-OH is 1. The Morgan fingerprint density at radius 2 is 1.61 bits per heavy atom. The Hall–Kier alpha value is -3.80. The Kier molecular flexibility index (Phi) is 7.87. The van der Waals surface area contributed by atoms with Gasteiger partial charge in [0.2, 0.25) is 0 Å². The van der Waals surface area contributed by atoms with Gasteiger partial charge in [-0.05, 0) is 54.1 Å². The van der Waals surface area contributed by atoms with Crippen molar-refractivity contribution in [2.45, 2.75) is 25.6 Å². The molecule has 3 aromatic carbocycles. The molecule has 12 heteroatoms. The minimum absolute atomic E-state index is 0.173.